The van der Waals surface area contributed by atoms with Crippen molar-refractivity contribution in [3.8, 4) is 28.6 Å². The number of hydrogen-bond donors (Lipinski definition) is 0. The normalized spacial score (nSPS) is 11.7. The Morgan fingerprint density at radius 3 is 2.19 bits per heavy atom. The zero-order valence-corrected chi connectivity index (χ0v) is 22.9. The van der Waals surface area contributed by atoms with Gasteiger partial charge in [0.15, 0.2) is 0 Å². The fraction of sp³-hybridized carbons (Fsp3) is 0. The van der Waals surface area contributed by atoms with Gasteiger partial charge in [0.1, 0.15) is 0 Å². The molecule has 200 valence electrons. The molecule has 6 nitrogen and oxygen atoms in total. The van der Waals surface area contributed by atoms with E-state index in [0.29, 0.717) is 5.56 Å². The smallest absolute Gasteiger partial charge is 0.220 e. The molecule has 0 fully saturated rings. The number of rotatable bonds is 3. The SMILES string of the molecule is N#Cc1cc(-c2cccc(-n3c4ccccc4n4c5ccccc5nc34)c2)cc(-n2c3ccccc3c3cnccc32)c1. The molecule has 0 radical (unpaired) electrons. The van der Waals surface area contributed by atoms with Crippen LogP contribution in [0.4, 0.5) is 0 Å². The second-order valence-electron chi connectivity index (χ2n) is 10.7. The van der Waals surface area contributed by atoms with Crippen molar-refractivity contribution in [3.63, 3.8) is 0 Å². The van der Waals surface area contributed by atoms with Crippen molar-refractivity contribution in [3.05, 3.63) is 139 Å². The molecule has 0 amide bonds. The van der Waals surface area contributed by atoms with E-state index in [1.165, 1.54) is 0 Å². The van der Waals surface area contributed by atoms with Gasteiger partial charge in [-0.1, -0.05) is 54.6 Å². The fourth-order valence-corrected chi connectivity index (χ4v) is 6.50. The standard InChI is InChI=1S/C37H22N6/c38-22-24-18-26(21-28(19-24)41-32-12-3-1-10-29(32)30-23-39-17-16-33(30)41)25-8-7-9-27(20-25)42-35-14-5-6-15-36(35)43-34-13-4-2-11-31(34)40-37(42)43/h1-21,23H. The molecule has 0 atom stereocenters. The highest BCUT2D eigenvalue weighted by atomic mass is 15.2. The molecule has 9 rings (SSSR count). The van der Waals surface area contributed by atoms with Crippen LogP contribution < -0.4 is 0 Å². The lowest BCUT2D eigenvalue weighted by Gasteiger charge is -2.13. The first-order valence-corrected chi connectivity index (χ1v) is 14.1. The molecule has 4 aromatic heterocycles. The Morgan fingerprint density at radius 1 is 0.558 bits per heavy atom. The van der Waals surface area contributed by atoms with Crippen LogP contribution in [0, 0.1) is 11.3 Å². The van der Waals surface area contributed by atoms with Crippen LogP contribution in [0.2, 0.25) is 0 Å². The van der Waals surface area contributed by atoms with Crippen LogP contribution in [0.15, 0.2) is 134 Å². The van der Waals surface area contributed by atoms with Gasteiger partial charge in [-0.2, -0.15) is 5.26 Å². The number of nitrogens with zero attached hydrogens (tertiary/aromatic N) is 6. The van der Waals surface area contributed by atoms with Crippen molar-refractivity contribution < 1.29 is 0 Å². The second-order valence-corrected chi connectivity index (χ2v) is 10.7. The molecule has 0 bridgehead atoms. The molecule has 0 aliphatic carbocycles. The first-order valence-electron chi connectivity index (χ1n) is 14.1. The summed E-state index contributed by atoms with van der Waals surface area (Å²) < 4.78 is 6.66. The van der Waals surface area contributed by atoms with E-state index < -0.39 is 0 Å². The van der Waals surface area contributed by atoms with Gasteiger partial charge in [0, 0.05) is 34.5 Å². The topological polar surface area (TPSA) is 63.8 Å². The Morgan fingerprint density at radius 2 is 1.30 bits per heavy atom. The highest BCUT2D eigenvalue weighted by Gasteiger charge is 2.18. The minimum Gasteiger partial charge on any atom is -0.309 e. The van der Waals surface area contributed by atoms with Gasteiger partial charge in [-0.15, -0.1) is 0 Å². The highest BCUT2D eigenvalue weighted by Crippen LogP contribution is 2.35. The quantitative estimate of drug-likeness (QED) is 0.222. The zero-order chi connectivity index (χ0) is 28.5. The highest BCUT2D eigenvalue weighted by molar-refractivity contribution is 6.09. The van der Waals surface area contributed by atoms with Gasteiger partial charge in [0.2, 0.25) is 5.78 Å². The monoisotopic (exact) mass is 550 g/mol. The van der Waals surface area contributed by atoms with Crippen LogP contribution in [0.25, 0.3) is 72.2 Å². The van der Waals surface area contributed by atoms with Crippen molar-refractivity contribution in [1.82, 2.24) is 23.5 Å². The van der Waals surface area contributed by atoms with Crippen LogP contribution in [0.1, 0.15) is 5.56 Å². The Labute approximate surface area is 245 Å². The van der Waals surface area contributed by atoms with Crippen molar-refractivity contribution in [2.24, 2.45) is 0 Å². The van der Waals surface area contributed by atoms with Crippen molar-refractivity contribution in [2.75, 3.05) is 0 Å². The van der Waals surface area contributed by atoms with E-state index in [1.54, 1.807) is 0 Å². The Bertz CT molecular complexity index is 2540. The maximum Gasteiger partial charge on any atom is 0.220 e. The summed E-state index contributed by atoms with van der Waals surface area (Å²) in [4.78, 5) is 9.42. The molecule has 0 aliphatic heterocycles. The Hall–Kier alpha value is -6.19. The zero-order valence-electron chi connectivity index (χ0n) is 22.9. The lowest BCUT2D eigenvalue weighted by atomic mass is 10.0. The molecule has 0 saturated heterocycles. The third kappa shape index (κ3) is 3.39. The number of aromatic nitrogens is 5. The second kappa shape index (κ2) is 8.90. The maximum atomic E-state index is 10.1. The summed E-state index contributed by atoms with van der Waals surface area (Å²) in [5.41, 5.74) is 10.9. The molecular formula is C37H22N6. The molecule has 0 aliphatic rings. The lowest BCUT2D eigenvalue weighted by molar-refractivity contribution is 1.11. The number of pyridine rings is 1. The first kappa shape index (κ1) is 23.5. The summed E-state index contributed by atoms with van der Waals surface area (Å²) >= 11 is 0. The Kier molecular flexibility index (Phi) is 4.87. The third-order valence-corrected chi connectivity index (χ3v) is 8.32. The van der Waals surface area contributed by atoms with Gasteiger partial charge in [0.25, 0.3) is 0 Å². The first-order chi connectivity index (χ1) is 21.3. The third-order valence-electron chi connectivity index (χ3n) is 8.32. The van der Waals surface area contributed by atoms with E-state index in [0.717, 1.165) is 72.2 Å². The fourth-order valence-electron chi connectivity index (χ4n) is 6.50. The molecule has 43 heavy (non-hydrogen) atoms. The molecule has 6 heteroatoms. The summed E-state index contributed by atoms with van der Waals surface area (Å²) in [6, 6.07) is 44.0. The van der Waals surface area contributed by atoms with E-state index in [-0.39, 0.29) is 0 Å². The predicted molar refractivity (Wildman–Crippen MR) is 172 cm³/mol. The van der Waals surface area contributed by atoms with E-state index in [9.17, 15) is 5.26 Å². The summed E-state index contributed by atoms with van der Waals surface area (Å²) in [5.74, 6) is 0.866. The molecule has 5 aromatic carbocycles. The van der Waals surface area contributed by atoms with Gasteiger partial charge in [-0.25, -0.2) is 4.98 Å². The molecular weight excluding hydrogens is 528 g/mol. The summed E-state index contributed by atoms with van der Waals surface area (Å²) in [5, 5.41) is 12.3. The van der Waals surface area contributed by atoms with Crippen molar-refractivity contribution in [2.45, 2.75) is 0 Å². The maximum absolute atomic E-state index is 10.1. The predicted octanol–water partition coefficient (Wildman–Crippen LogP) is 8.46. The van der Waals surface area contributed by atoms with E-state index in [1.807, 2.05) is 48.8 Å². The van der Waals surface area contributed by atoms with Crippen LogP contribution in [0.3, 0.4) is 0 Å². The number of para-hydroxylation sites is 5. The number of hydrogen-bond acceptors (Lipinski definition) is 3. The van der Waals surface area contributed by atoms with Gasteiger partial charge in [0.05, 0.1) is 44.7 Å². The van der Waals surface area contributed by atoms with Crippen LogP contribution >= 0.6 is 0 Å². The van der Waals surface area contributed by atoms with E-state index in [4.69, 9.17) is 4.98 Å². The molecule has 0 saturated carbocycles. The summed E-state index contributed by atoms with van der Waals surface area (Å²) in [7, 11) is 0. The van der Waals surface area contributed by atoms with Crippen molar-refractivity contribution in [1.29, 1.82) is 5.26 Å². The number of benzene rings is 5. The van der Waals surface area contributed by atoms with Gasteiger partial charge in [-0.05, 0) is 77.9 Å². The molecule has 4 heterocycles. The average Bonchev–Trinajstić information content (AvgIpc) is 3.71. The number of fused-ring (bicyclic) bond motifs is 8. The van der Waals surface area contributed by atoms with Crippen LogP contribution in [-0.4, -0.2) is 23.5 Å². The van der Waals surface area contributed by atoms with Gasteiger partial charge >= 0.3 is 0 Å². The molecule has 0 N–H and O–H groups in total. The van der Waals surface area contributed by atoms with Crippen LogP contribution in [0.5, 0.6) is 0 Å². The summed E-state index contributed by atoms with van der Waals surface area (Å²) in [6.07, 6.45) is 3.73. The molecule has 0 unspecified atom stereocenters. The molecule has 0 spiro atoms. The largest absolute Gasteiger partial charge is 0.309 e. The van der Waals surface area contributed by atoms with Crippen LogP contribution in [-0.2, 0) is 0 Å². The van der Waals surface area contributed by atoms with Gasteiger partial charge in [-0.3, -0.25) is 14.0 Å². The average molecular weight is 551 g/mol. The number of imidazole rings is 2. The van der Waals surface area contributed by atoms with Crippen molar-refractivity contribution >= 4 is 49.7 Å². The van der Waals surface area contributed by atoms with E-state index >= 15 is 0 Å². The minimum atomic E-state index is 0.603. The van der Waals surface area contributed by atoms with Gasteiger partial charge < -0.3 is 4.57 Å². The Balaban J connectivity index is 1.28. The number of nitriles is 1. The lowest BCUT2D eigenvalue weighted by Crippen LogP contribution is -1.97. The molecule has 9 aromatic rings. The minimum absolute atomic E-state index is 0.603. The summed E-state index contributed by atoms with van der Waals surface area (Å²) in [6.45, 7) is 0. The van der Waals surface area contributed by atoms with E-state index in [2.05, 4.69) is 110 Å².